The van der Waals surface area contributed by atoms with E-state index < -0.39 is 30.1 Å². The summed E-state index contributed by atoms with van der Waals surface area (Å²) in [7, 11) is 0. The average molecular weight is 402 g/mol. The van der Waals surface area contributed by atoms with E-state index >= 15 is 0 Å². The van der Waals surface area contributed by atoms with Crippen LogP contribution in [0.4, 0.5) is 0 Å². The van der Waals surface area contributed by atoms with Crippen LogP contribution in [0.5, 0.6) is 0 Å². The summed E-state index contributed by atoms with van der Waals surface area (Å²) in [5.74, 6) is -2.40. The van der Waals surface area contributed by atoms with Gasteiger partial charge >= 0.3 is 5.97 Å². The van der Waals surface area contributed by atoms with Crippen LogP contribution >= 0.6 is 11.6 Å². The zero-order valence-electron chi connectivity index (χ0n) is 15.2. The average Bonchev–Trinajstić information content (AvgIpc) is 3.07. The number of halogens is 1. The molecule has 0 aliphatic carbocycles. The Bertz CT molecular complexity index is 946. The van der Waals surface area contributed by atoms with E-state index in [1.807, 2.05) is 13.0 Å². The van der Waals surface area contributed by atoms with Crippen molar-refractivity contribution < 1.29 is 24.5 Å². The van der Waals surface area contributed by atoms with Gasteiger partial charge in [0.15, 0.2) is 0 Å². The van der Waals surface area contributed by atoms with Crippen LogP contribution in [-0.2, 0) is 9.53 Å². The molecular formula is C21H20ClNO5. The highest BCUT2D eigenvalue weighted by molar-refractivity contribution is 6.31. The molecule has 2 heterocycles. The highest BCUT2D eigenvalue weighted by Crippen LogP contribution is 2.46. The van der Waals surface area contributed by atoms with Gasteiger partial charge in [0, 0.05) is 10.6 Å². The second kappa shape index (κ2) is 7.20. The fourth-order valence-electron chi connectivity index (χ4n) is 4.18. The van der Waals surface area contributed by atoms with Gasteiger partial charge in [-0.25, -0.2) is 0 Å². The number of benzene rings is 2. The summed E-state index contributed by atoms with van der Waals surface area (Å²) in [4.78, 5) is 27.2. The Morgan fingerprint density at radius 3 is 2.57 bits per heavy atom. The number of aliphatic hydroxyl groups excluding tert-OH is 1. The minimum absolute atomic E-state index is 0.0994. The number of aliphatic hydroxyl groups is 1. The number of aryl methyl sites for hydroxylation is 1. The van der Waals surface area contributed by atoms with E-state index in [2.05, 4.69) is 0 Å². The second-order valence-corrected chi connectivity index (χ2v) is 7.66. The molecule has 6 nitrogen and oxygen atoms in total. The van der Waals surface area contributed by atoms with Crippen molar-refractivity contribution in [2.45, 2.75) is 31.0 Å². The third kappa shape index (κ3) is 2.98. The van der Waals surface area contributed by atoms with Crippen molar-refractivity contribution in [1.82, 2.24) is 4.90 Å². The number of carboxylic acid groups (broad SMARTS) is 1. The molecule has 0 bridgehead atoms. The standard InChI is InChI=1S/C21H20ClNO5/c1-11-6-7-14(15(22)8-11)19-18(21(26)27)12-4-2-3-5-13(12)20(25)23(19)16-9-28-10-17(16)24/h2-8,16-19,24H,9-10H2,1H3,(H,26,27). The molecule has 0 spiro atoms. The van der Waals surface area contributed by atoms with Crippen molar-refractivity contribution in [3.8, 4) is 0 Å². The number of nitrogens with zero attached hydrogens (tertiary/aromatic N) is 1. The van der Waals surface area contributed by atoms with Crippen molar-refractivity contribution in [2.75, 3.05) is 13.2 Å². The van der Waals surface area contributed by atoms with E-state index in [0.717, 1.165) is 5.56 Å². The fourth-order valence-corrected chi connectivity index (χ4v) is 4.53. The Labute approximate surface area is 167 Å². The Hall–Kier alpha value is -2.41. The minimum atomic E-state index is -1.06. The van der Waals surface area contributed by atoms with Gasteiger partial charge in [0.05, 0.1) is 31.4 Å². The normalized spacial score (nSPS) is 27.0. The SMILES string of the molecule is Cc1ccc(C2C(C(=O)O)c3ccccc3C(=O)N2C2COCC2O)c(Cl)c1. The van der Waals surface area contributed by atoms with Gasteiger partial charge in [-0.15, -0.1) is 0 Å². The van der Waals surface area contributed by atoms with Gasteiger partial charge in [0.25, 0.3) is 5.91 Å². The quantitative estimate of drug-likeness (QED) is 0.825. The van der Waals surface area contributed by atoms with Crippen molar-refractivity contribution in [1.29, 1.82) is 0 Å². The Kier molecular flexibility index (Phi) is 4.87. The van der Waals surface area contributed by atoms with Crippen molar-refractivity contribution in [3.63, 3.8) is 0 Å². The molecule has 2 aliphatic rings. The molecule has 4 atom stereocenters. The Balaban J connectivity index is 1.96. The molecule has 1 fully saturated rings. The first-order valence-corrected chi connectivity index (χ1v) is 9.44. The smallest absolute Gasteiger partial charge is 0.313 e. The molecule has 2 aliphatic heterocycles. The first kappa shape index (κ1) is 18.9. The highest BCUT2D eigenvalue weighted by atomic mass is 35.5. The minimum Gasteiger partial charge on any atom is -0.481 e. The number of carbonyl (C=O) groups excluding carboxylic acids is 1. The van der Waals surface area contributed by atoms with Crippen LogP contribution in [0.15, 0.2) is 42.5 Å². The van der Waals surface area contributed by atoms with E-state index in [9.17, 15) is 19.8 Å². The topological polar surface area (TPSA) is 87.1 Å². The molecular weight excluding hydrogens is 382 g/mol. The van der Waals surface area contributed by atoms with Gasteiger partial charge in [-0.1, -0.05) is 41.9 Å². The zero-order valence-corrected chi connectivity index (χ0v) is 16.0. The molecule has 2 N–H and O–H groups in total. The Morgan fingerprint density at radius 1 is 1.18 bits per heavy atom. The van der Waals surface area contributed by atoms with Crippen LogP contribution in [-0.4, -0.2) is 52.3 Å². The largest absolute Gasteiger partial charge is 0.481 e. The number of hydrogen-bond donors (Lipinski definition) is 2. The first-order chi connectivity index (χ1) is 13.4. The van der Waals surface area contributed by atoms with Crippen LogP contribution in [0.1, 0.15) is 39.0 Å². The van der Waals surface area contributed by atoms with Gasteiger partial charge in [0.1, 0.15) is 5.92 Å². The number of hydrogen-bond acceptors (Lipinski definition) is 4. The number of amides is 1. The molecule has 146 valence electrons. The lowest BCUT2D eigenvalue weighted by atomic mass is 9.78. The maximum Gasteiger partial charge on any atom is 0.313 e. The van der Waals surface area contributed by atoms with Gasteiger partial charge in [-0.2, -0.15) is 0 Å². The van der Waals surface area contributed by atoms with Gasteiger partial charge in [-0.05, 0) is 35.7 Å². The highest BCUT2D eigenvalue weighted by Gasteiger charge is 2.49. The van der Waals surface area contributed by atoms with Gasteiger partial charge in [0.2, 0.25) is 0 Å². The summed E-state index contributed by atoms with van der Waals surface area (Å²) in [6, 6.07) is 10.6. The van der Waals surface area contributed by atoms with E-state index in [0.29, 0.717) is 21.7 Å². The lowest BCUT2D eigenvalue weighted by molar-refractivity contribution is -0.141. The van der Waals surface area contributed by atoms with Crippen molar-refractivity contribution in [2.24, 2.45) is 0 Å². The van der Waals surface area contributed by atoms with E-state index in [1.165, 1.54) is 4.90 Å². The maximum absolute atomic E-state index is 13.4. The summed E-state index contributed by atoms with van der Waals surface area (Å²) < 4.78 is 5.36. The monoisotopic (exact) mass is 401 g/mol. The lowest BCUT2D eigenvalue weighted by Crippen LogP contribution is -2.53. The number of carbonyl (C=O) groups is 2. The number of fused-ring (bicyclic) bond motifs is 1. The first-order valence-electron chi connectivity index (χ1n) is 9.06. The molecule has 1 saturated heterocycles. The second-order valence-electron chi connectivity index (χ2n) is 7.26. The van der Waals surface area contributed by atoms with E-state index in [1.54, 1.807) is 36.4 Å². The number of rotatable bonds is 3. The molecule has 0 radical (unpaired) electrons. The number of carboxylic acids is 1. The molecule has 28 heavy (non-hydrogen) atoms. The molecule has 4 rings (SSSR count). The van der Waals surface area contributed by atoms with Crippen LogP contribution in [0.25, 0.3) is 0 Å². The maximum atomic E-state index is 13.4. The zero-order chi connectivity index (χ0) is 20.0. The Morgan fingerprint density at radius 2 is 1.93 bits per heavy atom. The van der Waals surface area contributed by atoms with Gasteiger partial charge in [-0.3, -0.25) is 9.59 Å². The van der Waals surface area contributed by atoms with Crippen LogP contribution < -0.4 is 0 Å². The lowest BCUT2D eigenvalue weighted by Gasteiger charge is -2.44. The number of aliphatic carboxylic acids is 1. The summed E-state index contributed by atoms with van der Waals surface area (Å²) in [6.45, 7) is 2.13. The predicted molar refractivity (Wildman–Crippen MR) is 103 cm³/mol. The predicted octanol–water partition coefficient (Wildman–Crippen LogP) is 2.77. The summed E-state index contributed by atoms with van der Waals surface area (Å²) in [6.07, 6.45) is -0.893. The number of ether oxygens (including phenoxy) is 1. The van der Waals surface area contributed by atoms with Crippen LogP contribution in [0.3, 0.4) is 0 Å². The molecule has 0 aromatic heterocycles. The van der Waals surface area contributed by atoms with Crippen LogP contribution in [0.2, 0.25) is 5.02 Å². The van der Waals surface area contributed by atoms with Crippen molar-refractivity contribution in [3.05, 3.63) is 69.7 Å². The van der Waals surface area contributed by atoms with Crippen LogP contribution in [0, 0.1) is 6.92 Å². The molecule has 2 aromatic carbocycles. The molecule has 2 aromatic rings. The van der Waals surface area contributed by atoms with E-state index in [-0.39, 0.29) is 19.1 Å². The third-order valence-electron chi connectivity index (χ3n) is 5.50. The fraction of sp³-hybridized carbons (Fsp3) is 0.333. The van der Waals surface area contributed by atoms with Crippen molar-refractivity contribution >= 4 is 23.5 Å². The summed E-state index contributed by atoms with van der Waals surface area (Å²) in [5.41, 5.74) is 2.25. The third-order valence-corrected chi connectivity index (χ3v) is 5.82. The van der Waals surface area contributed by atoms with E-state index in [4.69, 9.17) is 16.3 Å². The summed E-state index contributed by atoms with van der Waals surface area (Å²) >= 11 is 6.49. The molecule has 0 saturated carbocycles. The van der Waals surface area contributed by atoms with Gasteiger partial charge < -0.3 is 19.8 Å². The molecule has 7 heteroatoms. The summed E-state index contributed by atoms with van der Waals surface area (Å²) in [5, 5.41) is 20.9. The molecule has 4 unspecified atom stereocenters. The molecule has 1 amide bonds.